The van der Waals surface area contributed by atoms with Gasteiger partial charge in [-0.25, -0.2) is 0 Å². The summed E-state index contributed by atoms with van der Waals surface area (Å²) in [5, 5.41) is 0. The normalized spacial score (nSPS) is 37.1. The second-order valence-electron chi connectivity index (χ2n) is 4.88. The molecule has 2 aliphatic heterocycles. The van der Waals surface area contributed by atoms with E-state index in [9.17, 15) is 0 Å². The van der Waals surface area contributed by atoms with Crippen LogP contribution in [0.4, 0.5) is 0 Å². The number of halogens is 1. The molecule has 0 amide bonds. The largest absolute Gasteiger partial charge is 0.296 e. The van der Waals surface area contributed by atoms with Crippen LogP contribution in [0, 0.1) is 12.0 Å². The number of alkyl halides is 1. The van der Waals surface area contributed by atoms with Gasteiger partial charge in [0.05, 0.1) is 5.92 Å². The highest BCUT2D eigenvalue weighted by atomic mass is 127. The first-order chi connectivity index (χ1) is 7.20. The molecule has 2 bridgehead atoms. The summed E-state index contributed by atoms with van der Waals surface area (Å²) in [6.07, 6.45) is 5.38. The van der Waals surface area contributed by atoms with E-state index in [1.807, 2.05) is 7.05 Å². The molecule has 84 valence electrons. The number of hydrogen-bond donors (Lipinski definition) is 0. The van der Waals surface area contributed by atoms with Crippen molar-refractivity contribution < 1.29 is 0 Å². The Kier molecular flexibility index (Phi) is 3.89. The Labute approximate surface area is 106 Å². The highest BCUT2D eigenvalue weighted by Crippen LogP contribution is 2.38. The van der Waals surface area contributed by atoms with Crippen molar-refractivity contribution in [2.24, 2.45) is 5.92 Å². The van der Waals surface area contributed by atoms with Gasteiger partial charge in [-0.15, -0.1) is 0 Å². The molecule has 0 radical (unpaired) electrons. The molecule has 2 heterocycles. The van der Waals surface area contributed by atoms with E-state index in [0.717, 1.165) is 16.0 Å². The predicted octanol–water partition coefficient (Wildman–Crippen LogP) is 3.02. The quantitative estimate of drug-likeness (QED) is 0.561. The summed E-state index contributed by atoms with van der Waals surface area (Å²) < 4.78 is 0.770. The zero-order valence-electron chi connectivity index (χ0n) is 9.62. The Hall–Kier alpha value is 0.180. The molecule has 2 fully saturated rings. The first-order valence-corrected chi connectivity index (χ1v) is 7.19. The molecule has 0 saturated carbocycles. The molecule has 3 heteroatoms. The molecule has 15 heavy (non-hydrogen) atoms. The van der Waals surface area contributed by atoms with E-state index in [1.54, 1.807) is 0 Å². The average molecular weight is 319 g/mol. The lowest BCUT2D eigenvalue weighted by atomic mass is 9.92. The smallest absolute Gasteiger partial charge is 0.276 e. The first kappa shape index (κ1) is 11.7. The summed E-state index contributed by atoms with van der Waals surface area (Å²) in [6.45, 7) is 3.58. The first-order valence-electron chi connectivity index (χ1n) is 5.95. The van der Waals surface area contributed by atoms with Crippen molar-refractivity contribution in [1.82, 2.24) is 4.90 Å². The Morgan fingerprint density at radius 3 is 2.47 bits per heavy atom. The van der Waals surface area contributed by atoms with Gasteiger partial charge in [0.2, 0.25) is 0 Å². The van der Waals surface area contributed by atoms with Crippen LogP contribution in [-0.4, -0.2) is 34.5 Å². The van der Waals surface area contributed by atoms with E-state index in [0.29, 0.717) is 5.92 Å². The molecular weight excluding hydrogens is 299 g/mol. The van der Waals surface area contributed by atoms with E-state index >= 15 is 0 Å². The minimum Gasteiger partial charge on any atom is -0.296 e. The predicted molar refractivity (Wildman–Crippen MR) is 72.9 cm³/mol. The van der Waals surface area contributed by atoms with Crippen molar-refractivity contribution in [3.63, 3.8) is 0 Å². The summed E-state index contributed by atoms with van der Waals surface area (Å²) in [5.74, 6) is 0.633. The second kappa shape index (κ2) is 5.01. The molecule has 2 nitrogen and oxygen atoms in total. The van der Waals surface area contributed by atoms with Gasteiger partial charge in [-0.05, 0) is 25.7 Å². The topological polar surface area (TPSA) is 7.60 Å². The van der Waals surface area contributed by atoms with Crippen molar-refractivity contribution in [3.8, 4) is 6.07 Å². The van der Waals surface area contributed by atoms with Gasteiger partial charge in [0.15, 0.2) is 0 Å². The zero-order valence-corrected chi connectivity index (χ0v) is 11.8. The van der Waals surface area contributed by atoms with Crippen LogP contribution in [-0.2, 0) is 0 Å². The number of nitrogens with zero attached hydrogens (tertiary/aromatic N) is 2. The summed E-state index contributed by atoms with van der Waals surface area (Å²) >= 11 is 2.54. The van der Waals surface area contributed by atoms with E-state index in [1.165, 1.54) is 32.2 Å². The highest BCUT2D eigenvalue weighted by Gasteiger charge is 2.41. The van der Waals surface area contributed by atoms with Crippen LogP contribution >= 0.6 is 22.6 Å². The molecule has 0 aromatic carbocycles. The lowest BCUT2D eigenvalue weighted by Gasteiger charge is -2.36. The minimum absolute atomic E-state index is 0.633. The molecule has 0 spiro atoms. The van der Waals surface area contributed by atoms with Crippen LogP contribution in [0.3, 0.4) is 0 Å². The maximum Gasteiger partial charge on any atom is 0.276 e. The third-order valence-corrected chi connectivity index (χ3v) is 4.05. The van der Waals surface area contributed by atoms with Gasteiger partial charge in [0.1, 0.15) is 0 Å². The Balaban J connectivity index is 1.99. The van der Waals surface area contributed by atoms with Crippen LogP contribution in [0.1, 0.15) is 32.6 Å². The number of piperidine rings is 1. The van der Waals surface area contributed by atoms with Crippen LogP contribution in [0.25, 0.3) is 4.85 Å². The lowest BCUT2D eigenvalue weighted by molar-refractivity contribution is 0.124. The Morgan fingerprint density at radius 1 is 1.40 bits per heavy atom. The molecule has 2 rings (SSSR count). The number of fused-ring (bicyclic) bond motifs is 2. The number of rotatable bonds is 2. The van der Waals surface area contributed by atoms with Crippen molar-refractivity contribution in [1.29, 1.82) is 0 Å². The van der Waals surface area contributed by atoms with Crippen molar-refractivity contribution >= 4 is 22.6 Å². The third kappa shape index (κ3) is 2.65. The maximum atomic E-state index is 4.07. The van der Waals surface area contributed by atoms with Gasteiger partial charge < -0.3 is 0 Å². The second-order valence-corrected chi connectivity index (χ2v) is 7.01. The van der Waals surface area contributed by atoms with Gasteiger partial charge in [0, 0.05) is 22.6 Å². The van der Waals surface area contributed by atoms with Crippen LogP contribution in [0.5, 0.6) is 0 Å². The molecule has 0 aromatic rings. The summed E-state index contributed by atoms with van der Waals surface area (Å²) in [4.78, 5) is 6.81. The van der Waals surface area contributed by atoms with E-state index < -0.39 is 0 Å². The highest BCUT2D eigenvalue weighted by molar-refractivity contribution is 14.1. The molecule has 3 atom stereocenters. The Bertz CT molecular complexity index is 265. The van der Waals surface area contributed by atoms with Gasteiger partial charge in [0.25, 0.3) is 13.1 Å². The lowest BCUT2D eigenvalue weighted by Crippen LogP contribution is -2.44. The third-order valence-electron chi connectivity index (χ3n) is 3.66. The fraction of sp³-hybridized carbons (Fsp3) is 0.917. The van der Waals surface area contributed by atoms with Gasteiger partial charge in [-0.2, -0.15) is 0 Å². The van der Waals surface area contributed by atoms with E-state index in [-0.39, 0.29) is 0 Å². The van der Waals surface area contributed by atoms with E-state index in [4.69, 9.17) is 0 Å². The SMILES string of the molecule is C[N+]#CC1CC2CCC(C1)N2CC(C)I. The summed E-state index contributed by atoms with van der Waals surface area (Å²) in [5.41, 5.74) is 0. The Morgan fingerprint density at radius 2 is 2.00 bits per heavy atom. The molecule has 0 aromatic heterocycles. The average Bonchev–Trinajstić information content (AvgIpc) is 2.43. The molecule has 0 N–H and O–H groups in total. The summed E-state index contributed by atoms with van der Waals surface area (Å²) in [6, 6.07) is 4.89. The molecular formula is C12H20IN2+. The molecule has 3 unspecified atom stereocenters. The zero-order chi connectivity index (χ0) is 10.8. The molecule has 2 saturated heterocycles. The fourth-order valence-electron chi connectivity index (χ4n) is 3.15. The van der Waals surface area contributed by atoms with Gasteiger partial charge in [-0.3, -0.25) is 4.90 Å². The van der Waals surface area contributed by atoms with Crippen LogP contribution in [0.2, 0.25) is 0 Å². The van der Waals surface area contributed by atoms with Gasteiger partial charge >= 0.3 is 0 Å². The van der Waals surface area contributed by atoms with Crippen molar-refractivity contribution in [2.75, 3.05) is 13.6 Å². The van der Waals surface area contributed by atoms with Crippen LogP contribution in [0.15, 0.2) is 0 Å². The maximum absolute atomic E-state index is 4.07. The minimum atomic E-state index is 0.633. The van der Waals surface area contributed by atoms with Gasteiger partial charge in [-0.1, -0.05) is 34.4 Å². The molecule has 2 aliphatic rings. The standard InChI is InChI=1S/C12H20IN2/c1-9(13)8-15-11-3-4-12(15)6-10(5-11)7-14-2/h9-12H,3-6,8H2,1-2H3/q+1. The summed E-state index contributed by atoms with van der Waals surface area (Å²) in [7, 11) is 1.85. The molecule has 0 aliphatic carbocycles. The fourth-order valence-corrected chi connectivity index (χ4v) is 3.61. The monoisotopic (exact) mass is 319 g/mol. The van der Waals surface area contributed by atoms with Crippen molar-refractivity contribution in [3.05, 3.63) is 4.85 Å². The van der Waals surface area contributed by atoms with Crippen LogP contribution < -0.4 is 0 Å². The van der Waals surface area contributed by atoms with E-state index in [2.05, 4.69) is 45.3 Å². The van der Waals surface area contributed by atoms with Crippen molar-refractivity contribution in [2.45, 2.75) is 48.6 Å². The number of hydrogen-bond acceptors (Lipinski definition) is 1.